The molecule has 0 heterocycles. The molecule has 158 valence electrons. The van der Waals surface area contributed by atoms with Crippen LogP contribution in [0, 0.1) is 11.8 Å². The van der Waals surface area contributed by atoms with E-state index in [2.05, 4.69) is 6.58 Å². The van der Waals surface area contributed by atoms with Gasteiger partial charge in [0.2, 0.25) is 0 Å². The fourth-order valence-corrected chi connectivity index (χ4v) is 2.63. The minimum Gasteiger partial charge on any atom is -0.490 e. The number of carboxylic acids is 1. The molecule has 1 aliphatic rings. The Balaban J connectivity index is 2.81. The molecule has 1 N–H and O–H groups in total. The Morgan fingerprint density at radius 3 is 2.34 bits per heavy atom. The largest absolute Gasteiger partial charge is 0.490 e. The zero-order valence-corrected chi connectivity index (χ0v) is 16.8. The lowest BCUT2D eigenvalue weighted by Crippen LogP contribution is -2.37. The van der Waals surface area contributed by atoms with Crippen molar-refractivity contribution in [3.05, 3.63) is 60.9 Å². The third-order valence-corrected chi connectivity index (χ3v) is 4.20. The first kappa shape index (κ1) is 23.9. The van der Waals surface area contributed by atoms with Crippen molar-refractivity contribution in [2.24, 2.45) is 11.8 Å². The van der Waals surface area contributed by atoms with Crippen molar-refractivity contribution in [2.45, 2.75) is 32.8 Å². The summed E-state index contributed by atoms with van der Waals surface area (Å²) in [5.74, 6) is -3.47. The van der Waals surface area contributed by atoms with Gasteiger partial charge in [-0.2, -0.15) is 0 Å². The van der Waals surface area contributed by atoms with E-state index in [1.807, 2.05) is 19.1 Å². The van der Waals surface area contributed by atoms with E-state index in [-0.39, 0.29) is 26.1 Å². The first-order valence-electron chi connectivity index (χ1n) is 9.38. The van der Waals surface area contributed by atoms with Crippen LogP contribution in [0.25, 0.3) is 0 Å². The van der Waals surface area contributed by atoms with Gasteiger partial charge < -0.3 is 19.3 Å². The van der Waals surface area contributed by atoms with Crippen LogP contribution in [0.4, 0.5) is 0 Å². The maximum Gasteiger partial charge on any atom is 0.330 e. The van der Waals surface area contributed by atoms with E-state index < -0.39 is 35.8 Å². The Labute approximate surface area is 171 Å². The standard InChI is InChI=1S/C22H28O7/c1-4-7-8-11-16(5-2)27-14-17(15-28-20(23)6-3)29-22(26)19-13-10-9-12-18(19)21(24)25/h4-11,17-19H,3,12-15H2,1-2H3,(H,24,25)/b7-4-,11-8-,16-5+. The van der Waals surface area contributed by atoms with Crippen LogP contribution < -0.4 is 0 Å². The molecule has 0 bridgehead atoms. The molecule has 0 aliphatic heterocycles. The van der Waals surface area contributed by atoms with Gasteiger partial charge in [0.1, 0.15) is 19.0 Å². The minimum absolute atomic E-state index is 0.0592. The summed E-state index contributed by atoms with van der Waals surface area (Å²) in [6.45, 7) is 6.71. The van der Waals surface area contributed by atoms with E-state index in [4.69, 9.17) is 14.2 Å². The van der Waals surface area contributed by atoms with Crippen molar-refractivity contribution in [3.8, 4) is 0 Å². The minimum atomic E-state index is -1.05. The average molecular weight is 404 g/mol. The van der Waals surface area contributed by atoms with E-state index in [0.29, 0.717) is 5.76 Å². The van der Waals surface area contributed by atoms with Crippen LogP contribution in [0.5, 0.6) is 0 Å². The third-order valence-electron chi connectivity index (χ3n) is 4.20. The smallest absolute Gasteiger partial charge is 0.330 e. The second kappa shape index (κ2) is 13.1. The summed E-state index contributed by atoms with van der Waals surface area (Å²) in [5.41, 5.74) is 0. The van der Waals surface area contributed by atoms with Gasteiger partial charge in [-0.05, 0) is 38.8 Å². The molecule has 0 radical (unpaired) electrons. The molecule has 0 aromatic carbocycles. The number of hydrogen-bond donors (Lipinski definition) is 1. The number of rotatable bonds is 11. The molecule has 7 heteroatoms. The second-order valence-electron chi connectivity index (χ2n) is 6.27. The first-order chi connectivity index (χ1) is 13.9. The van der Waals surface area contributed by atoms with Crippen molar-refractivity contribution in [3.63, 3.8) is 0 Å². The van der Waals surface area contributed by atoms with Crippen LogP contribution in [0.2, 0.25) is 0 Å². The Kier molecular flexibility index (Phi) is 10.9. The van der Waals surface area contributed by atoms with E-state index >= 15 is 0 Å². The number of carboxylic acid groups (broad SMARTS) is 1. The van der Waals surface area contributed by atoms with Gasteiger partial charge in [-0.3, -0.25) is 9.59 Å². The summed E-state index contributed by atoms with van der Waals surface area (Å²) in [6.07, 6.45) is 13.1. The lowest BCUT2D eigenvalue weighted by atomic mass is 9.83. The quantitative estimate of drug-likeness (QED) is 0.185. The molecule has 0 fully saturated rings. The number of aliphatic carboxylic acids is 1. The predicted octanol–water partition coefficient (Wildman–Crippen LogP) is 3.35. The molecule has 1 aliphatic carbocycles. The van der Waals surface area contributed by atoms with Gasteiger partial charge in [0.15, 0.2) is 6.10 Å². The highest BCUT2D eigenvalue weighted by Crippen LogP contribution is 2.27. The van der Waals surface area contributed by atoms with Crippen molar-refractivity contribution in [1.29, 1.82) is 0 Å². The topological polar surface area (TPSA) is 99.1 Å². The summed E-state index contributed by atoms with van der Waals surface area (Å²) in [6, 6.07) is 0. The Bertz CT molecular complexity index is 700. The third kappa shape index (κ3) is 8.64. The van der Waals surface area contributed by atoms with E-state index in [1.165, 1.54) is 0 Å². The molecule has 29 heavy (non-hydrogen) atoms. The summed E-state index contributed by atoms with van der Waals surface area (Å²) in [7, 11) is 0. The van der Waals surface area contributed by atoms with Crippen molar-refractivity contribution < 1.29 is 33.7 Å². The van der Waals surface area contributed by atoms with Crippen molar-refractivity contribution in [2.75, 3.05) is 13.2 Å². The molecular formula is C22H28O7. The SMILES string of the molecule is C=CC(=O)OCC(COC(/C=C\C=C/C)=C/C)OC(=O)C1CC=CCC1C(=O)O. The number of ether oxygens (including phenoxy) is 3. The molecule has 7 nitrogen and oxygen atoms in total. The van der Waals surface area contributed by atoms with E-state index in [0.717, 1.165) is 6.08 Å². The molecule has 0 saturated carbocycles. The number of allylic oxidation sites excluding steroid dienone is 7. The molecule has 0 spiro atoms. The second-order valence-corrected chi connectivity index (χ2v) is 6.27. The fraction of sp³-hybridized carbons (Fsp3) is 0.409. The van der Waals surface area contributed by atoms with Gasteiger partial charge in [0.05, 0.1) is 11.8 Å². The van der Waals surface area contributed by atoms with Gasteiger partial charge in [-0.15, -0.1) is 0 Å². The van der Waals surface area contributed by atoms with Crippen molar-refractivity contribution >= 4 is 17.9 Å². The van der Waals surface area contributed by atoms with Crippen LogP contribution in [0.1, 0.15) is 26.7 Å². The van der Waals surface area contributed by atoms with E-state index in [9.17, 15) is 19.5 Å². The Morgan fingerprint density at radius 2 is 1.76 bits per heavy atom. The lowest BCUT2D eigenvalue weighted by molar-refractivity contribution is -0.168. The molecule has 0 aromatic rings. The molecule has 0 saturated heterocycles. The molecule has 3 unspecified atom stereocenters. The first-order valence-corrected chi connectivity index (χ1v) is 9.38. The van der Waals surface area contributed by atoms with E-state index in [1.54, 1.807) is 37.3 Å². The van der Waals surface area contributed by atoms with Crippen LogP contribution in [0.15, 0.2) is 60.9 Å². The normalized spacial score (nSPS) is 20.4. The highest BCUT2D eigenvalue weighted by atomic mass is 16.6. The highest BCUT2D eigenvalue weighted by Gasteiger charge is 2.36. The number of esters is 2. The maximum atomic E-state index is 12.6. The van der Waals surface area contributed by atoms with Gasteiger partial charge in [0.25, 0.3) is 0 Å². The molecule has 1 rings (SSSR count). The number of carbonyl (C=O) groups is 3. The average Bonchev–Trinajstić information content (AvgIpc) is 2.73. The number of carbonyl (C=O) groups excluding carboxylic acids is 2. The Hall–Kier alpha value is -3.09. The summed E-state index contributed by atoms with van der Waals surface area (Å²) >= 11 is 0. The van der Waals surface area contributed by atoms with Gasteiger partial charge in [-0.25, -0.2) is 4.79 Å². The van der Waals surface area contributed by atoms with Crippen LogP contribution in [-0.2, 0) is 28.6 Å². The highest BCUT2D eigenvalue weighted by molar-refractivity contribution is 5.82. The lowest BCUT2D eigenvalue weighted by Gasteiger charge is -2.26. The predicted molar refractivity (Wildman–Crippen MR) is 108 cm³/mol. The fourth-order valence-electron chi connectivity index (χ4n) is 2.63. The van der Waals surface area contributed by atoms with Crippen LogP contribution >= 0.6 is 0 Å². The zero-order valence-electron chi connectivity index (χ0n) is 16.8. The van der Waals surface area contributed by atoms with Gasteiger partial charge >= 0.3 is 17.9 Å². The summed E-state index contributed by atoms with van der Waals surface area (Å²) < 4.78 is 16.1. The summed E-state index contributed by atoms with van der Waals surface area (Å²) in [4.78, 5) is 35.4. The molecule has 0 aromatic heterocycles. The van der Waals surface area contributed by atoms with Crippen LogP contribution in [-0.4, -0.2) is 42.3 Å². The number of hydrogen-bond acceptors (Lipinski definition) is 6. The molecule has 3 atom stereocenters. The Morgan fingerprint density at radius 1 is 1.10 bits per heavy atom. The zero-order chi connectivity index (χ0) is 21.6. The van der Waals surface area contributed by atoms with Crippen molar-refractivity contribution in [1.82, 2.24) is 0 Å². The summed E-state index contributed by atoms with van der Waals surface area (Å²) in [5, 5.41) is 9.34. The maximum absolute atomic E-state index is 12.6. The monoisotopic (exact) mass is 404 g/mol. The molecular weight excluding hydrogens is 376 g/mol. The van der Waals surface area contributed by atoms with Crippen LogP contribution in [0.3, 0.4) is 0 Å². The molecule has 0 amide bonds. The van der Waals surface area contributed by atoms with Gasteiger partial charge in [0, 0.05) is 6.08 Å². The van der Waals surface area contributed by atoms with Gasteiger partial charge in [-0.1, -0.05) is 37.0 Å².